The number of carbonyl (C=O) groups excluding carboxylic acids is 1. The fraction of sp³-hybridized carbons (Fsp3) is 0.250. The number of carbonyl (C=O) groups is 1. The zero-order valence-corrected chi connectivity index (χ0v) is 19.0. The maximum absolute atomic E-state index is 12.8. The largest absolute Gasteiger partial charge is 0.333 e. The van der Waals surface area contributed by atoms with Crippen molar-refractivity contribution in [1.82, 2.24) is 19.7 Å². The molecule has 28 heavy (non-hydrogen) atoms. The van der Waals surface area contributed by atoms with E-state index in [4.69, 9.17) is 0 Å². The highest BCUT2D eigenvalue weighted by molar-refractivity contribution is 9.11. The molecule has 2 aromatic heterocycles. The predicted molar refractivity (Wildman–Crippen MR) is 120 cm³/mol. The summed E-state index contributed by atoms with van der Waals surface area (Å²) in [5, 5.41) is 9.33. The van der Waals surface area contributed by atoms with E-state index in [9.17, 15) is 4.79 Å². The lowest BCUT2D eigenvalue weighted by Crippen LogP contribution is -2.31. The molecule has 5 nitrogen and oxygen atoms in total. The second kappa shape index (κ2) is 9.54. The summed E-state index contributed by atoms with van der Waals surface area (Å²) in [5.41, 5.74) is 2.19. The Labute approximate surface area is 181 Å². The van der Waals surface area contributed by atoms with Crippen molar-refractivity contribution in [3.05, 3.63) is 63.3 Å². The van der Waals surface area contributed by atoms with Crippen LogP contribution in [0.2, 0.25) is 0 Å². The predicted octanol–water partition coefficient (Wildman–Crippen LogP) is 4.92. The van der Waals surface area contributed by atoms with Gasteiger partial charge in [0.05, 0.1) is 16.1 Å². The number of aryl methyl sites for hydroxylation is 1. The summed E-state index contributed by atoms with van der Waals surface area (Å²) in [6, 6.07) is 12.1. The second-order valence-electron chi connectivity index (χ2n) is 6.24. The average Bonchev–Trinajstić information content (AvgIpc) is 3.25. The van der Waals surface area contributed by atoms with Crippen LogP contribution in [0.1, 0.15) is 10.4 Å². The van der Waals surface area contributed by atoms with Crippen molar-refractivity contribution in [2.24, 2.45) is 7.05 Å². The first-order valence-corrected chi connectivity index (χ1v) is 11.3. The van der Waals surface area contributed by atoms with Crippen molar-refractivity contribution < 1.29 is 4.79 Å². The van der Waals surface area contributed by atoms with E-state index in [-0.39, 0.29) is 5.91 Å². The van der Waals surface area contributed by atoms with E-state index in [0.717, 1.165) is 30.8 Å². The molecule has 3 aromatic rings. The molecule has 0 fully saturated rings. The minimum absolute atomic E-state index is 0.0508. The lowest BCUT2D eigenvalue weighted by Gasteiger charge is -2.20. The molecule has 0 N–H and O–H groups in total. The first-order chi connectivity index (χ1) is 13.5. The van der Waals surface area contributed by atoms with Crippen LogP contribution in [0.4, 0.5) is 0 Å². The van der Waals surface area contributed by atoms with Crippen LogP contribution in [0, 0.1) is 6.92 Å². The maximum atomic E-state index is 12.8. The Morgan fingerprint density at radius 1 is 1.32 bits per heavy atom. The van der Waals surface area contributed by atoms with E-state index < -0.39 is 0 Å². The molecule has 2 heterocycles. The summed E-state index contributed by atoms with van der Waals surface area (Å²) in [4.78, 5) is 15.7. The highest BCUT2D eigenvalue weighted by Gasteiger charge is 2.18. The summed E-state index contributed by atoms with van der Waals surface area (Å²) < 4.78 is 3.00. The lowest BCUT2D eigenvalue weighted by molar-refractivity contribution is -0.128. The van der Waals surface area contributed by atoms with Gasteiger partial charge in [0.25, 0.3) is 0 Å². The van der Waals surface area contributed by atoms with E-state index in [1.165, 1.54) is 11.8 Å². The van der Waals surface area contributed by atoms with Gasteiger partial charge in [-0.3, -0.25) is 4.79 Å². The molecular formula is C20H21BrN4OS2. The summed E-state index contributed by atoms with van der Waals surface area (Å²) in [5.74, 6) is 1.16. The fourth-order valence-corrected chi connectivity index (χ4v) is 5.06. The van der Waals surface area contributed by atoms with Crippen LogP contribution < -0.4 is 0 Å². The molecule has 0 aliphatic rings. The number of thiophene rings is 1. The molecule has 0 saturated carbocycles. The van der Waals surface area contributed by atoms with Crippen molar-refractivity contribution >= 4 is 44.9 Å². The average molecular weight is 477 g/mol. The van der Waals surface area contributed by atoms with Crippen molar-refractivity contribution in [1.29, 1.82) is 0 Å². The molecule has 0 saturated heterocycles. The van der Waals surface area contributed by atoms with E-state index in [0.29, 0.717) is 18.8 Å². The van der Waals surface area contributed by atoms with Gasteiger partial charge in [0.1, 0.15) is 0 Å². The Hall–Kier alpha value is -1.90. The van der Waals surface area contributed by atoms with Gasteiger partial charge in [-0.1, -0.05) is 42.1 Å². The topological polar surface area (TPSA) is 51.0 Å². The minimum atomic E-state index is 0.0508. The molecule has 0 spiro atoms. The minimum Gasteiger partial charge on any atom is -0.333 e. The first-order valence-electron chi connectivity index (χ1n) is 8.70. The van der Waals surface area contributed by atoms with Crippen LogP contribution in [0.5, 0.6) is 0 Å². The van der Waals surface area contributed by atoms with Crippen LogP contribution >= 0.6 is 39.0 Å². The molecule has 0 atom stereocenters. The third-order valence-corrected chi connectivity index (χ3v) is 6.84. The van der Waals surface area contributed by atoms with Gasteiger partial charge in [0, 0.05) is 24.0 Å². The standard InChI is InChI=1S/C20H21BrN4OS2/c1-4-11-25(12-15-9-10-17(21)28-15)18(26)13-27-20-23-22-19(24(20)3)16-8-6-5-7-14(16)2/h4-10H,1,11-13H2,2-3H3. The van der Waals surface area contributed by atoms with Crippen LogP contribution in [0.3, 0.4) is 0 Å². The Kier molecular flexibility index (Phi) is 7.09. The monoisotopic (exact) mass is 476 g/mol. The maximum Gasteiger partial charge on any atom is 0.233 e. The van der Waals surface area contributed by atoms with Crippen molar-refractivity contribution in [3.8, 4) is 11.4 Å². The summed E-state index contributed by atoms with van der Waals surface area (Å²) in [6.45, 7) is 6.92. The van der Waals surface area contributed by atoms with E-state index in [1.807, 2.05) is 41.9 Å². The zero-order valence-electron chi connectivity index (χ0n) is 15.8. The van der Waals surface area contributed by atoms with Gasteiger partial charge in [0.2, 0.25) is 5.91 Å². The molecular weight excluding hydrogens is 456 g/mol. The van der Waals surface area contributed by atoms with Gasteiger partial charge in [-0.15, -0.1) is 28.1 Å². The van der Waals surface area contributed by atoms with Crippen molar-refractivity contribution in [3.63, 3.8) is 0 Å². The van der Waals surface area contributed by atoms with Crippen molar-refractivity contribution in [2.75, 3.05) is 12.3 Å². The van der Waals surface area contributed by atoms with Gasteiger partial charge >= 0.3 is 0 Å². The van der Waals surface area contributed by atoms with E-state index >= 15 is 0 Å². The molecule has 0 aliphatic carbocycles. The molecule has 0 bridgehead atoms. The highest BCUT2D eigenvalue weighted by atomic mass is 79.9. The van der Waals surface area contributed by atoms with Crippen molar-refractivity contribution in [2.45, 2.75) is 18.6 Å². The number of benzene rings is 1. The number of amides is 1. The molecule has 0 aliphatic heterocycles. The number of halogens is 1. The van der Waals surface area contributed by atoms with Crippen LogP contribution in [0.15, 0.2) is 58.0 Å². The van der Waals surface area contributed by atoms with Gasteiger partial charge < -0.3 is 9.47 Å². The molecule has 0 radical (unpaired) electrons. The lowest BCUT2D eigenvalue weighted by atomic mass is 10.1. The van der Waals surface area contributed by atoms with Crippen LogP contribution in [-0.2, 0) is 18.4 Å². The summed E-state index contributed by atoms with van der Waals surface area (Å²) in [6.07, 6.45) is 1.75. The Bertz CT molecular complexity index is 982. The van der Waals surface area contributed by atoms with Gasteiger partial charge in [-0.05, 0) is 40.5 Å². The molecule has 1 aromatic carbocycles. The normalized spacial score (nSPS) is 10.8. The Balaban J connectivity index is 1.68. The third kappa shape index (κ3) is 4.92. The molecule has 1 amide bonds. The quantitative estimate of drug-likeness (QED) is 0.341. The summed E-state index contributed by atoms with van der Waals surface area (Å²) in [7, 11) is 1.93. The third-order valence-electron chi connectivity index (χ3n) is 4.22. The fourth-order valence-electron chi connectivity index (χ4n) is 2.75. The van der Waals surface area contributed by atoms with Crippen LogP contribution in [-0.4, -0.2) is 37.9 Å². The van der Waals surface area contributed by atoms with E-state index in [2.05, 4.69) is 45.7 Å². The number of nitrogens with zero attached hydrogens (tertiary/aromatic N) is 4. The Morgan fingerprint density at radius 2 is 2.11 bits per heavy atom. The SMILES string of the molecule is C=CCN(Cc1ccc(Br)s1)C(=O)CSc1nnc(-c2ccccc2C)n1C. The van der Waals surface area contributed by atoms with Gasteiger partial charge in [-0.25, -0.2) is 0 Å². The number of thioether (sulfide) groups is 1. The van der Waals surface area contributed by atoms with Crippen LogP contribution in [0.25, 0.3) is 11.4 Å². The van der Waals surface area contributed by atoms with E-state index in [1.54, 1.807) is 22.3 Å². The number of hydrogen-bond acceptors (Lipinski definition) is 5. The number of rotatable bonds is 8. The number of aromatic nitrogens is 3. The first kappa shape index (κ1) is 20.8. The van der Waals surface area contributed by atoms with Gasteiger partial charge in [-0.2, -0.15) is 0 Å². The molecule has 146 valence electrons. The number of hydrogen-bond donors (Lipinski definition) is 0. The van der Waals surface area contributed by atoms with Gasteiger partial charge in [0.15, 0.2) is 11.0 Å². The zero-order chi connectivity index (χ0) is 20.1. The summed E-state index contributed by atoms with van der Waals surface area (Å²) >= 11 is 6.50. The molecule has 0 unspecified atom stereocenters. The molecule has 3 rings (SSSR count). The Morgan fingerprint density at radius 3 is 2.79 bits per heavy atom. The highest BCUT2D eigenvalue weighted by Crippen LogP contribution is 2.26. The molecule has 8 heteroatoms. The smallest absolute Gasteiger partial charge is 0.233 e. The second-order valence-corrected chi connectivity index (χ2v) is 9.73.